The van der Waals surface area contributed by atoms with Crippen LogP contribution in [0.15, 0.2) is 51.8 Å². The lowest BCUT2D eigenvalue weighted by Crippen LogP contribution is -2.46. The third-order valence-corrected chi connectivity index (χ3v) is 6.95. The molecule has 0 bridgehead atoms. The summed E-state index contributed by atoms with van der Waals surface area (Å²) in [7, 11) is -3.73. The number of hydrogen-bond donors (Lipinski definition) is 1. The van der Waals surface area contributed by atoms with E-state index in [0.717, 1.165) is 12.1 Å². The lowest BCUT2D eigenvalue weighted by atomic mass is 10.0. The lowest BCUT2D eigenvalue weighted by molar-refractivity contribution is -0.132. The molecular weight excluding hydrogens is 466 g/mol. The number of likely N-dealkylation sites (tertiary alicyclic amines) is 1. The van der Waals surface area contributed by atoms with Crippen LogP contribution in [0.25, 0.3) is 0 Å². The van der Waals surface area contributed by atoms with Crippen molar-refractivity contribution < 1.29 is 22.0 Å². The molecule has 0 unspecified atom stereocenters. The second-order valence-electron chi connectivity index (χ2n) is 6.97. The molecule has 0 aliphatic carbocycles. The van der Waals surface area contributed by atoms with Gasteiger partial charge in [0, 0.05) is 30.0 Å². The van der Waals surface area contributed by atoms with E-state index >= 15 is 0 Å². The van der Waals surface area contributed by atoms with Crippen LogP contribution in [0.1, 0.15) is 24.8 Å². The number of hydrogen-bond acceptors (Lipinski definition) is 3. The van der Waals surface area contributed by atoms with E-state index in [4.69, 9.17) is 0 Å². The Morgan fingerprint density at radius 3 is 2.38 bits per heavy atom. The maximum Gasteiger partial charge on any atom is 0.240 e. The van der Waals surface area contributed by atoms with Crippen molar-refractivity contribution in [1.82, 2.24) is 9.62 Å². The van der Waals surface area contributed by atoms with E-state index in [-0.39, 0.29) is 29.1 Å². The molecule has 1 saturated heterocycles. The molecule has 2 aromatic carbocycles. The highest BCUT2D eigenvalue weighted by atomic mass is 79.9. The molecule has 1 fully saturated rings. The summed E-state index contributed by atoms with van der Waals surface area (Å²) in [5.41, 5.74) is 0.489. The highest BCUT2D eigenvalue weighted by molar-refractivity contribution is 9.10. The van der Waals surface area contributed by atoms with Gasteiger partial charge in [-0.2, -0.15) is 0 Å². The van der Waals surface area contributed by atoms with Crippen LogP contribution in [0.5, 0.6) is 0 Å². The minimum Gasteiger partial charge on any atom is -0.343 e. The number of carbonyl (C=O) groups excluding carboxylic acids is 1. The van der Waals surface area contributed by atoms with E-state index in [1.165, 1.54) is 18.2 Å². The first kappa shape index (κ1) is 21.9. The van der Waals surface area contributed by atoms with Gasteiger partial charge in [-0.1, -0.05) is 22.0 Å². The van der Waals surface area contributed by atoms with E-state index in [1.54, 1.807) is 17.0 Å². The molecule has 1 heterocycles. The van der Waals surface area contributed by atoms with Gasteiger partial charge in [-0.05, 0) is 61.2 Å². The standard InChI is InChI=1S/C20H21BrF2N2O3S/c21-15-3-1-14(19(23)13-15)2-8-20(26)25-11-9-17(10-12-25)24-29(27,28)18-6-4-16(22)5-7-18/h1,3-7,13,17,24H,2,8-12H2. The third-order valence-electron chi connectivity index (χ3n) is 4.92. The van der Waals surface area contributed by atoms with Crippen molar-refractivity contribution in [3.63, 3.8) is 0 Å². The zero-order valence-corrected chi connectivity index (χ0v) is 18.0. The molecule has 0 atom stereocenters. The molecular formula is C20H21BrF2N2O3S. The molecule has 5 nitrogen and oxygen atoms in total. The monoisotopic (exact) mass is 486 g/mol. The Kier molecular flexibility index (Phi) is 7.02. The van der Waals surface area contributed by atoms with Crippen molar-refractivity contribution in [1.29, 1.82) is 0 Å². The number of aryl methyl sites for hydroxylation is 1. The summed E-state index contributed by atoms with van der Waals surface area (Å²) in [5, 5.41) is 0. The summed E-state index contributed by atoms with van der Waals surface area (Å²) >= 11 is 3.20. The number of benzene rings is 2. The Morgan fingerprint density at radius 1 is 1.10 bits per heavy atom. The van der Waals surface area contributed by atoms with Gasteiger partial charge >= 0.3 is 0 Å². The van der Waals surface area contributed by atoms with Gasteiger partial charge in [0.2, 0.25) is 15.9 Å². The predicted molar refractivity (Wildman–Crippen MR) is 109 cm³/mol. The molecule has 0 spiro atoms. The van der Waals surface area contributed by atoms with Crippen LogP contribution >= 0.6 is 15.9 Å². The van der Waals surface area contributed by atoms with Crippen molar-refractivity contribution in [3.8, 4) is 0 Å². The quantitative estimate of drug-likeness (QED) is 0.677. The summed E-state index contributed by atoms with van der Waals surface area (Å²) in [5.74, 6) is -0.924. The average molecular weight is 487 g/mol. The lowest BCUT2D eigenvalue weighted by Gasteiger charge is -2.32. The topological polar surface area (TPSA) is 66.5 Å². The molecule has 9 heteroatoms. The number of sulfonamides is 1. The smallest absolute Gasteiger partial charge is 0.240 e. The molecule has 29 heavy (non-hydrogen) atoms. The fourth-order valence-corrected chi connectivity index (χ4v) is 4.91. The number of rotatable bonds is 6. The Morgan fingerprint density at radius 2 is 1.76 bits per heavy atom. The maximum absolute atomic E-state index is 13.9. The highest BCUT2D eigenvalue weighted by Gasteiger charge is 2.26. The molecule has 3 rings (SSSR count). The number of carbonyl (C=O) groups is 1. The van der Waals surface area contributed by atoms with Gasteiger partial charge in [0.15, 0.2) is 0 Å². The molecule has 1 N–H and O–H groups in total. The van der Waals surface area contributed by atoms with E-state index in [2.05, 4.69) is 20.7 Å². The predicted octanol–water partition coefficient (Wildman–Crippen LogP) is 3.63. The van der Waals surface area contributed by atoms with Gasteiger partial charge in [-0.15, -0.1) is 0 Å². The summed E-state index contributed by atoms with van der Waals surface area (Å²) in [4.78, 5) is 14.1. The van der Waals surface area contributed by atoms with Crippen LogP contribution in [0, 0.1) is 11.6 Å². The Labute approximate surface area is 177 Å². The van der Waals surface area contributed by atoms with E-state index in [9.17, 15) is 22.0 Å². The zero-order chi connectivity index (χ0) is 21.0. The van der Waals surface area contributed by atoms with Crippen molar-refractivity contribution in [2.24, 2.45) is 0 Å². The second kappa shape index (κ2) is 9.32. The van der Waals surface area contributed by atoms with Gasteiger partial charge in [0.1, 0.15) is 11.6 Å². The summed E-state index contributed by atoms with van der Waals surface area (Å²) in [6, 6.07) is 9.12. The summed E-state index contributed by atoms with van der Waals surface area (Å²) in [6.45, 7) is 0.858. The van der Waals surface area contributed by atoms with Crippen molar-refractivity contribution >= 4 is 31.9 Å². The van der Waals surface area contributed by atoms with Crippen LogP contribution in [0.2, 0.25) is 0 Å². The van der Waals surface area contributed by atoms with Crippen molar-refractivity contribution in [2.45, 2.75) is 36.6 Å². The Balaban J connectivity index is 1.49. The first-order chi connectivity index (χ1) is 13.7. The second-order valence-corrected chi connectivity index (χ2v) is 9.60. The van der Waals surface area contributed by atoms with Crippen LogP contribution in [-0.4, -0.2) is 38.4 Å². The molecule has 1 amide bonds. The van der Waals surface area contributed by atoms with Gasteiger partial charge in [-0.25, -0.2) is 21.9 Å². The minimum absolute atomic E-state index is 0.00827. The molecule has 1 aliphatic rings. The third kappa shape index (κ3) is 5.83. The van der Waals surface area contributed by atoms with Crippen LogP contribution in [-0.2, 0) is 21.2 Å². The number of nitrogens with zero attached hydrogens (tertiary/aromatic N) is 1. The SMILES string of the molecule is O=C(CCc1ccc(Br)cc1F)N1CCC(NS(=O)(=O)c2ccc(F)cc2)CC1. The normalized spacial score (nSPS) is 15.5. The minimum atomic E-state index is -3.73. The first-order valence-corrected chi connectivity index (χ1v) is 11.5. The molecule has 2 aromatic rings. The number of halogens is 3. The van der Waals surface area contributed by atoms with Crippen LogP contribution in [0.3, 0.4) is 0 Å². The van der Waals surface area contributed by atoms with Gasteiger partial charge in [0.05, 0.1) is 4.90 Å². The highest BCUT2D eigenvalue weighted by Crippen LogP contribution is 2.19. The number of piperidine rings is 1. The molecule has 156 valence electrons. The van der Waals surface area contributed by atoms with E-state index in [1.807, 2.05) is 0 Å². The molecule has 0 aromatic heterocycles. The van der Waals surface area contributed by atoms with Gasteiger partial charge in [0.25, 0.3) is 0 Å². The Bertz CT molecular complexity index is 976. The molecule has 0 saturated carbocycles. The van der Waals surface area contributed by atoms with Crippen molar-refractivity contribution in [3.05, 3.63) is 64.1 Å². The summed E-state index contributed by atoms with van der Waals surface area (Å²) < 4.78 is 54.9. The zero-order valence-electron chi connectivity index (χ0n) is 15.6. The maximum atomic E-state index is 13.9. The fourth-order valence-electron chi connectivity index (χ4n) is 3.27. The fraction of sp³-hybridized carbons (Fsp3) is 0.350. The Hall–Kier alpha value is -1.84. The van der Waals surface area contributed by atoms with E-state index in [0.29, 0.717) is 42.4 Å². The molecule has 0 radical (unpaired) electrons. The number of nitrogens with one attached hydrogen (secondary N) is 1. The van der Waals surface area contributed by atoms with Crippen LogP contribution in [0.4, 0.5) is 8.78 Å². The van der Waals surface area contributed by atoms with E-state index < -0.39 is 15.8 Å². The largest absolute Gasteiger partial charge is 0.343 e. The summed E-state index contributed by atoms with van der Waals surface area (Å²) in [6.07, 6.45) is 1.48. The van der Waals surface area contributed by atoms with Crippen molar-refractivity contribution in [2.75, 3.05) is 13.1 Å². The number of amides is 1. The average Bonchev–Trinajstić information content (AvgIpc) is 2.68. The van der Waals surface area contributed by atoms with Crippen LogP contribution < -0.4 is 4.72 Å². The first-order valence-electron chi connectivity index (χ1n) is 9.24. The van der Waals surface area contributed by atoms with Gasteiger partial charge < -0.3 is 4.90 Å². The van der Waals surface area contributed by atoms with Gasteiger partial charge in [-0.3, -0.25) is 4.79 Å². The molecule has 1 aliphatic heterocycles.